The lowest BCUT2D eigenvalue weighted by Crippen LogP contribution is -2.47. The van der Waals surface area contributed by atoms with E-state index < -0.39 is 30.0 Å². The number of hydrogen-bond acceptors (Lipinski definition) is 3. The van der Waals surface area contributed by atoms with Gasteiger partial charge in [0.1, 0.15) is 0 Å². The van der Waals surface area contributed by atoms with E-state index in [1.807, 2.05) is 25.2 Å². The van der Waals surface area contributed by atoms with Crippen LogP contribution in [0.3, 0.4) is 0 Å². The predicted molar refractivity (Wildman–Crippen MR) is 96.0 cm³/mol. The molecule has 1 saturated carbocycles. The molecule has 0 spiro atoms. The van der Waals surface area contributed by atoms with Crippen molar-refractivity contribution in [1.29, 1.82) is 0 Å². The zero-order chi connectivity index (χ0) is 21.2. The van der Waals surface area contributed by atoms with Crippen molar-refractivity contribution < 1.29 is 17.2 Å². The molecule has 1 fully saturated rings. The second kappa shape index (κ2) is 5.45. The number of fused-ring (bicyclic) bond motifs is 4. The zero-order valence-electron chi connectivity index (χ0n) is 19.0. The summed E-state index contributed by atoms with van der Waals surface area (Å²) in [5, 5.41) is 24.0. The van der Waals surface area contributed by atoms with Crippen LogP contribution in [0.25, 0.3) is 0 Å². The van der Waals surface area contributed by atoms with Crippen molar-refractivity contribution in [2.24, 2.45) is 22.4 Å². The second-order valence-electron chi connectivity index (χ2n) is 7.71. The molecule has 4 aliphatic carbocycles. The van der Waals surface area contributed by atoms with E-state index in [0.717, 1.165) is 19.3 Å². The van der Waals surface area contributed by atoms with Gasteiger partial charge in [0.05, 0.1) is 15.4 Å². The summed E-state index contributed by atoms with van der Waals surface area (Å²) in [4.78, 5) is 0. The molecule has 0 bridgehead atoms. The van der Waals surface area contributed by atoms with Gasteiger partial charge in [-0.25, -0.2) is 0 Å². The molecule has 0 unspecified atom stereocenters. The highest BCUT2D eigenvalue weighted by Gasteiger charge is 2.58. The Bertz CT molecular complexity index is 899. The van der Waals surface area contributed by atoms with E-state index in [4.69, 9.17) is 12.1 Å². The molecule has 24 heavy (non-hydrogen) atoms. The van der Waals surface area contributed by atoms with E-state index in [2.05, 4.69) is 5.16 Å². The average molecular weight is 330 g/mol. The smallest absolute Gasteiger partial charge is 0.0801 e. The molecular weight excluding hydrogens is 298 g/mol. The molecule has 128 valence electrons. The third-order valence-corrected chi connectivity index (χ3v) is 6.80. The number of aliphatic hydroxyl groups is 1. The molecular formula is C21H27NO2. The molecule has 0 heterocycles. The van der Waals surface area contributed by atoms with Gasteiger partial charge in [0.15, 0.2) is 0 Å². The molecule has 0 amide bonds. The van der Waals surface area contributed by atoms with Crippen LogP contribution in [0.1, 0.15) is 58.7 Å². The first-order chi connectivity index (χ1) is 13.6. The molecule has 2 N–H and O–H groups in total. The average Bonchev–Trinajstić information content (AvgIpc) is 2.99. The molecule has 3 heteroatoms. The number of hydrogen-bond donors (Lipinski definition) is 2. The number of allylic oxidation sites excluding steroid dienone is 5. The van der Waals surface area contributed by atoms with Gasteiger partial charge in [-0.15, -0.1) is 6.53 Å². The van der Waals surface area contributed by atoms with Crippen molar-refractivity contribution in [2.75, 3.05) is 0 Å². The summed E-state index contributed by atoms with van der Waals surface area (Å²) in [5.74, 6) is 0.247. The van der Waals surface area contributed by atoms with Gasteiger partial charge in [0.25, 0.3) is 0 Å². The molecule has 0 aromatic carbocycles. The molecule has 0 aromatic heterocycles. The summed E-state index contributed by atoms with van der Waals surface area (Å²) in [5.41, 5.74) is 1.73. The molecule has 3 nitrogen and oxygen atoms in total. The Kier molecular flexibility index (Phi) is 2.52. The lowest BCUT2D eigenvalue weighted by Gasteiger charge is -2.48. The van der Waals surface area contributed by atoms with Gasteiger partial charge < -0.3 is 10.3 Å². The highest BCUT2D eigenvalue weighted by molar-refractivity contribution is 5.97. The Morgan fingerprint density at radius 3 is 3.17 bits per heavy atom. The predicted octanol–water partition coefficient (Wildman–Crippen LogP) is 4.54. The van der Waals surface area contributed by atoms with Crippen molar-refractivity contribution in [2.45, 2.75) is 57.4 Å². The largest absolute Gasteiger partial charge is 0.411 e. The monoisotopic (exact) mass is 330 g/mol. The van der Waals surface area contributed by atoms with Crippen molar-refractivity contribution in [3.63, 3.8) is 0 Å². The van der Waals surface area contributed by atoms with Gasteiger partial charge in [-0.1, -0.05) is 30.3 Å². The minimum absolute atomic E-state index is 0.0391. The SMILES string of the molecule is [2H]C([2H])=C([2H])C([2H])([2H])[C@]1(O)CC[C@H]2[C@@H]3CCC4=C/C(=N/O)CCC4=C3C=C[C@@]21C. The Labute approximate surface area is 151 Å². The van der Waals surface area contributed by atoms with Crippen LogP contribution in [0.15, 0.2) is 52.7 Å². The van der Waals surface area contributed by atoms with Gasteiger partial charge in [-0.2, -0.15) is 0 Å². The van der Waals surface area contributed by atoms with Gasteiger partial charge in [-0.3, -0.25) is 0 Å². The summed E-state index contributed by atoms with van der Waals surface area (Å²) in [7, 11) is 0. The van der Waals surface area contributed by atoms with Crippen molar-refractivity contribution >= 4 is 5.71 Å². The van der Waals surface area contributed by atoms with Crippen LogP contribution in [0.5, 0.6) is 0 Å². The van der Waals surface area contributed by atoms with E-state index in [1.54, 1.807) is 0 Å². The summed E-state index contributed by atoms with van der Waals surface area (Å²) in [6.07, 6.45) is 7.51. The Balaban J connectivity index is 1.80. The molecule has 0 aromatic rings. The first-order valence-corrected chi connectivity index (χ1v) is 8.78. The van der Waals surface area contributed by atoms with Crippen LogP contribution in [0.4, 0.5) is 0 Å². The Morgan fingerprint density at radius 1 is 1.50 bits per heavy atom. The molecule has 4 atom stereocenters. The summed E-state index contributed by atoms with van der Waals surface area (Å²) >= 11 is 0. The van der Waals surface area contributed by atoms with E-state index >= 15 is 0 Å². The minimum Gasteiger partial charge on any atom is -0.411 e. The molecule has 4 aliphatic rings. The van der Waals surface area contributed by atoms with E-state index in [-0.39, 0.29) is 18.3 Å². The van der Waals surface area contributed by atoms with Gasteiger partial charge >= 0.3 is 0 Å². The minimum atomic E-state index is -2.47. The topological polar surface area (TPSA) is 52.8 Å². The quantitative estimate of drug-likeness (QED) is 0.444. The molecule has 0 aliphatic heterocycles. The van der Waals surface area contributed by atoms with Gasteiger partial charge in [-0.05, 0) is 79.5 Å². The van der Waals surface area contributed by atoms with Crippen LogP contribution in [-0.2, 0) is 0 Å². The summed E-state index contributed by atoms with van der Waals surface area (Å²) < 4.78 is 39.7. The highest BCUT2D eigenvalue weighted by Crippen LogP contribution is 2.61. The first kappa shape index (κ1) is 11.1. The summed E-state index contributed by atoms with van der Waals surface area (Å²) in [6.45, 7) is 0.971. The van der Waals surface area contributed by atoms with Gasteiger partial charge in [0.2, 0.25) is 0 Å². The molecule has 0 saturated heterocycles. The maximum Gasteiger partial charge on any atom is 0.0801 e. The van der Waals surface area contributed by atoms with Gasteiger partial charge in [0, 0.05) is 8.16 Å². The van der Waals surface area contributed by atoms with Crippen LogP contribution in [0, 0.1) is 17.3 Å². The third kappa shape index (κ3) is 2.03. The lowest BCUT2D eigenvalue weighted by molar-refractivity contribution is -0.0474. The fourth-order valence-electron chi connectivity index (χ4n) is 5.42. The maximum atomic E-state index is 11.6. The Hall–Kier alpha value is -1.61. The molecule has 0 radical (unpaired) electrons. The van der Waals surface area contributed by atoms with E-state index in [9.17, 15) is 5.11 Å². The second-order valence-corrected chi connectivity index (χ2v) is 7.71. The van der Waals surface area contributed by atoms with Crippen LogP contribution in [-0.4, -0.2) is 21.6 Å². The van der Waals surface area contributed by atoms with Crippen LogP contribution in [0.2, 0.25) is 0 Å². The first-order valence-electron chi connectivity index (χ1n) is 11.3. The number of oxime groups is 1. The van der Waals surface area contributed by atoms with Crippen molar-refractivity contribution in [3.05, 3.63) is 47.5 Å². The van der Waals surface area contributed by atoms with Crippen LogP contribution >= 0.6 is 0 Å². The van der Waals surface area contributed by atoms with Crippen molar-refractivity contribution in [1.82, 2.24) is 0 Å². The van der Waals surface area contributed by atoms with Crippen molar-refractivity contribution in [3.8, 4) is 0 Å². The number of rotatable bonds is 2. The van der Waals surface area contributed by atoms with E-state index in [0.29, 0.717) is 18.6 Å². The van der Waals surface area contributed by atoms with Crippen LogP contribution < -0.4 is 0 Å². The fourth-order valence-corrected chi connectivity index (χ4v) is 5.42. The fraction of sp³-hybridized carbons (Fsp3) is 0.571. The zero-order valence-corrected chi connectivity index (χ0v) is 14.0. The third-order valence-electron chi connectivity index (χ3n) is 6.80. The van der Waals surface area contributed by atoms with E-state index in [1.165, 1.54) is 16.7 Å². The molecule has 4 rings (SSSR count). The summed E-state index contributed by atoms with van der Waals surface area (Å²) in [6, 6.07) is -0.767. The Morgan fingerprint density at radius 2 is 2.38 bits per heavy atom. The lowest BCUT2D eigenvalue weighted by atomic mass is 9.58. The maximum absolute atomic E-state index is 11.6. The standard InChI is InChI=1S/C21H27NO2/c1-3-10-21(23)12-9-19-18-6-4-14-13-15(22-24)5-7-16(14)17(18)8-11-20(19,21)2/h3,8,11,13,18-19,23-24H,1,4-7,9-10,12H2,2H3/b22-15+/t18-,19+,20+,21+/m1/s1/i1D2,3D,10D2. The normalized spacial score (nSPS) is 45.8. The highest BCUT2D eigenvalue weighted by atomic mass is 16.4. The number of nitrogens with zero attached hydrogens (tertiary/aromatic N) is 1.